The third-order valence-corrected chi connectivity index (χ3v) is 0.588. The first-order valence-electron chi connectivity index (χ1n) is 1.81. The van der Waals surface area contributed by atoms with E-state index < -0.39 is 18.6 Å². The van der Waals surface area contributed by atoms with Gasteiger partial charge in [-0.25, -0.2) is 4.39 Å². The Kier molecular flexibility index (Phi) is 2.57. The van der Waals surface area contributed by atoms with Crippen LogP contribution in [0.15, 0.2) is 0 Å². The van der Waals surface area contributed by atoms with Gasteiger partial charge in [0.2, 0.25) is 0 Å². The van der Waals surface area contributed by atoms with Crippen LogP contribution in [0.1, 0.15) is 0 Å². The van der Waals surface area contributed by atoms with Crippen molar-refractivity contribution in [2.75, 3.05) is 6.67 Å². The summed E-state index contributed by atoms with van der Waals surface area (Å²) >= 11 is 0. The van der Waals surface area contributed by atoms with Gasteiger partial charge in [0.05, 0.1) is 0 Å². The van der Waals surface area contributed by atoms with Crippen LogP contribution >= 0.6 is 0 Å². The van der Waals surface area contributed by atoms with Crippen molar-refractivity contribution < 1.29 is 27.4 Å². The topological polar surface area (TPSA) is 26.3 Å². The number of carbonyl (C=O) groups excluding carboxylic acids is 1. The molecule has 54 valence electrons. The Labute approximate surface area is 47.3 Å². The summed E-state index contributed by atoms with van der Waals surface area (Å²) in [7, 11) is 0. The lowest BCUT2D eigenvalue weighted by Crippen LogP contribution is -2.34. The summed E-state index contributed by atoms with van der Waals surface area (Å²) in [5, 5.41) is 0. The highest BCUT2D eigenvalue weighted by Crippen LogP contribution is 2.16. The Morgan fingerprint density at radius 3 is 2.11 bits per heavy atom. The largest absolute Gasteiger partial charge is 0.371 e. The van der Waals surface area contributed by atoms with Crippen molar-refractivity contribution in [2.24, 2.45) is 0 Å². The van der Waals surface area contributed by atoms with Gasteiger partial charge in [-0.05, 0) is 4.53 Å². The van der Waals surface area contributed by atoms with Crippen LogP contribution < -0.4 is 0 Å². The van der Waals surface area contributed by atoms with E-state index in [0.717, 1.165) is 0 Å². The second-order valence-electron chi connectivity index (χ2n) is 1.21. The first-order valence-corrected chi connectivity index (χ1v) is 1.81. The molecule has 2 nitrogen and oxygen atoms in total. The maximum absolute atomic E-state index is 11.7. The van der Waals surface area contributed by atoms with E-state index in [0.29, 0.717) is 0 Å². The van der Waals surface area contributed by atoms with Gasteiger partial charge in [-0.3, -0.25) is 4.79 Å². The molecule has 0 fully saturated rings. The molecule has 1 atom stereocenters. The Bertz CT molecular complexity index is 110. The van der Waals surface area contributed by atoms with Gasteiger partial charge in [0, 0.05) is 0 Å². The predicted octanol–water partition coefficient (Wildman–Crippen LogP) is 1.02. The summed E-state index contributed by atoms with van der Waals surface area (Å²) in [6.07, 6.45) is 0. The zero-order chi connectivity index (χ0) is 7.49. The van der Waals surface area contributed by atoms with Crippen LogP contribution in [0.4, 0.5) is 17.7 Å². The van der Waals surface area contributed by atoms with Gasteiger partial charge in [-0.15, -0.1) is 4.94 Å². The molecule has 1 unspecified atom stereocenters. The number of rotatable bonds is 3. The van der Waals surface area contributed by atoms with Crippen molar-refractivity contribution in [2.45, 2.75) is 5.85 Å². The lowest BCUT2D eigenvalue weighted by atomic mass is 10.4. The summed E-state index contributed by atoms with van der Waals surface area (Å²) in [5.74, 6) is -4.06. The highest BCUT2D eigenvalue weighted by molar-refractivity contribution is 5.76. The molecule has 0 aromatic heterocycles. The molecule has 0 saturated carbocycles. The van der Waals surface area contributed by atoms with Crippen LogP contribution in [-0.4, -0.2) is 18.6 Å². The molecule has 9 heavy (non-hydrogen) atoms. The van der Waals surface area contributed by atoms with Gasteiger partial charge >= 0.3 is 11.9 Å². The fourth-order valence-electron chi connectivity index (χ4n) is 0.103. The zero-order valence-corrected chi connectivity index (χ0v) is 4.04. The van der Waals surface area contributed by atoms with Crippen molar-refractivity contribution in [3.05, 3.63) is 0 Å². The molecule has 0 rings (SSSR count). The lowest BCUT2D eigenvalue weighted by Gasteiger charge is -2.07. The third kappa shape index (κ3) is 1.63. The molecule has 0 bridgehead atoms. The molecule has 0 saturated heterocycles. The average molecular weight is 146 g/mol. The van der Waals surface area contributed by atoms with Gasteiger partial charge in [0.25, 0.3) is 0 Å². The molecule has 0 aliphatic rings. The standard InChI is InChI=1S/C3H2F4O2/c4-1-3(6,9-7)2(5)8/h1H2. The van der Waals surface area contributed by atoms with Crippen LogP contribution in [0.5, 0.6) is 0 Å². The third-order valence-electron chi connectivity index (χ3n) is 0.588. The molecule has 0 spiro atoms. The molecule has 0 aliphatic carbocycles. The molecule has 6 heteroatoms. The molecular weight excluding hydrogens is 144 g/mol. The Hall–Kier alpha value is -0.650. The van der Waals surface area contributed by atoms with Crippen molar-refractivity contribution in [3.63, 3.8) is 0 Å². The smallest absolute Gasteiger partial charge is 0.254 e. The van der Waals surface area contributed by atoms with Crippen LogP contribution in [0.25, 0.3) is 0 Å². The second-order valence-corrected chi connectivity index (χ2v) is 1.21. The van der Waals surface area contributed by atoms with Gasteiger partial charge in [-0.2, -0.15) is 8.78 Å². The Balaban J connectivity index is 4.09. The summed E-state index contributed by atoms with van der Waals surface area (Å²) in [6, 6.07) is -2.83. The van der Waals surface area contributed by atoms with Gasteiger partial charge < -0.3 is 0 Å². The highest BCUT2D eigenvalue weighted by atomic mass is 19.3. The Morgan fingerprint density at radius 2 is 2.11 bits per heavy atom. The van der Waals surface area contributed by atoms with Gasteiger partial charge in [0.15, 0.2) is 6.67 Å². The zero-order valence-electron chi connectivity index (χ0n) is 4.04. The number of hydrogen-bond acceptors (Lipinski definition) is 2. The van der Waals surface area contributed by atoms with Gasteiger partial charge in [-0.1, -0.05) is 0 Å². The predicted molar refractivity (Wildman–Crippen MR) is 18.1 cm³/mol. The molecule has 0 amide bonds. The minimum absolute atomic E-state index is 2.08. The summed E-state index contributed by atoms with van der Waals surface area (Å²) in [4.78, 5) is 11.4. The van der Waals surface area contributed by atoms with Crippen LogP contribution in [-0.2, 0) is 9.74 Å². The van der Waals surface area contributed by atoms with E-state index in [9.17, 15) is 22.5 Å². The van der Waals surface area contributed by atoms with E-state index >= 15 is 0 Å². The number of carbonyl (C=O) groups is 1. The van der Waals surface area contributed by atoms with E-state index in [1.165, 1.54) is 0 Å². The maximum atomic E-state index is 11.7. The van der Waals surface area contributed by atoms with Crippen molar-refractivity contribution >= 4 is 6.04 Å². The molecular formula is C3H2F4O2. The lowest BCUT2D eigenvalue weighted by molar-refractivity contribution is -0.288. The van der Waals surface area contributed by atoms with E-state index in [1.807, 2.05) is 0 Å². The number of alkyl halides is 2. The number of halogens is 4. The quantitative estimate of drug-likeness (QED) is 0.438. The fraction of sp³-hybridized carbons (Fsp3) is 0.667. The average Bonchev–Trinajstić information content (AvgIpc) is 1.86. The molecule has 0 heterocycles. The fourth-order valence-corrected chi connectivity index (χ4v) is 0.103. The van der Waals surface area contributed by atoms with Crippen molar-refractivity contribution in [1.82, 2.24) is 0 Å². The van der Waals surface area contributed by atoms with Crippen LogP contribution in [0, 0.1) is 0 Å². The first-order chi connectivity index (χ1) is 4.06. The second kappa shape index (κ2) is 2.77. The first kappa shape index (κ1) is 8.35. The van der Waals surface area contributed by atoms with E-state index in [-0.39, 0.29) is 0 Å². The maximum Gasteiger partial charge on any atom is 0.371 e. The van der Waals surface area contributed by atoms with Crippen molar-refractivity contribution in [3.8, 4) is 0 Å². The summed E-state index contributed by atoms with van der Waals surface area (Å²) in [6.45, 7) is -2.18. The SMILES string of the molecule is O=C(F)C(F)(CF)OF. The molecule has 0 aromatic rings. The van der Waals surface area contributed by atoms with E-state index in [2.05, 4.69) is 4.94 Å². The molecule has 0 N–H and O–H groups in total. The van der Waals surface area contributed by atoms with Gasteiger partial charge in [0.1, 0.15) is 0 Å². The van der Waals surface area contributed by atoms with E-state index in [1.54, 1.807) is 0 Å². The monoisotopic (exact) mass is 146 g/mol. The normalized spacial score (nSPS) is 16.9. The van der Waals surface area contributed by atoms with Crippen LogP contribution in [0.3, 0.4) is 0 Å². The molecule has 0 aromatic carbocycles. The summed E-state index contributed by atoms with van der Waals surface area (Å²) < 4.78 is 44.6. The molecule has 0 aliphatic heterocycles. The minimum atomic E-state index is -4.06. The molecule has 0 radical (unpaired) electrons. The summed E-state index contributed by atoms with van der Waals surface area (Å²) in [5.41, 5.74) is 0. The van der Waals surface area contributed by atoms with Crippen molar-refractivity contribution in [1.29, 1.82) is 0 Å². The highest BCUT2D eigenvalue weighted by Gasteiger charge is 2.42. The minimum Gasteiger partial charge on any atom is -0.254 e. The van der Waals surface area contributed by atoms with E-state index in [4.69, 9.17) is 0 Å². The number of hydrogen-bond donors (Lipinski definition) is 0. The Morgan fingerprint density at radius 1 is 1.67 bits per heavy atom. The van der Waals surface area contributed by atoms with Crippen LogP contribution in [0.2, 0.25) is 0 Å².